The number of ketones is 2. The number of carbonyl (C=O) groups is 9. The molecule has 0 unspecified atom stereocenters. The molecule has 0 bridgehead atoms. The van der Waals surface area contributed by atoms with Crippen LogP contribution < -0.4 is 41.0 Å². The Morgan fingerprint density at radius 1 is 0.554 bits per heavy atom. The maximum Gasteiger partial charge on any atom is 1.00 e. The third-order valence-electron chi connectivity index (χ3n) is 11.9. The number of Topliss-reactive ketones (excluding diaryl/α,β-unsaturated/α-hetero) is 2. The summed E-state index contributed by atoms with van der Waals surface area (Å²) in [5, 5.41) is 67.3. The molecule has 5 aromatic heterocycles. The fraction of sp³-hybridized carbons (Fsp3) is 0.276. The molecule has 1 saturated heterocycles. The van der Waals surface area contributed by atoms with Gasteiger partial charge in [-0.3, -0.25) is 60.1 Å². The summed E-state index contributed by atoms with van der Waals surface area (Å²) in [5.41, 5.74) is 10.8. The number of aromatic nitrogens is 10. The van der Waals surface area contributed by atoms with Crippen LogP contribution in [-0.4, -0.2) is 180 Å². The molecule has 0 aliphatic carbocycles. The molecule has 1 amide bonds. The molecule has 9 rings (SSSR count). The summed E-state index contributed by atoms with van der Waals surface area (Å²) in [6.45, 7) is 7.06. The van der Waals surface area contributed by atoms with Gasteiger partial charge in [0.2, 0.25) is 11.4 Å². The van der Waals surface area contributed by atoms with Crippen LogP contribution in [0.4, 0.5) is 21.9 Å². The summed E-state index contributed by atoms with van der Waals surface area (Å²) in [5.74, 6) is -5.13. The van der Waals surface area contributed by atoms with E-state index in [4.69, 9.17) is 108 Å². The summed E-state index contributed by atoms with van der Waals surface area (Å²) in [6.07, 6.45) is 7.19. The van der Waals surface area contributed by atoms with Gasteiger partial charge in [-0.1, -0.05) is 103 Å². The molecule has 0 spiro atoms. The number of esters is 3. The van der Waals surface area contributed by atoms with Crippen LogP contribution in [0.15, 0.2) is 85.6 Å². The number of likely N-dealkylation sites (tertiary alicyclic amines) is 1. The number of piperidine rings is 1. The van der Waals surface area contributed by atoms with E-state index in [0.29, 0.717) is 11.3 Å². The predicted octanol–water partition coefficient (Wildman–Crippen LogP) is 8.48. The van der Waals surface area contributed by atoms with E-state index in [-0.39, 0.29) is 167 Å². The fourth-order valence-electron chi connectivity index (χ4n) is 7.31. The first-order valence-corrected chi connectivity index (χ1v) is 29.5. The molecular formula is C58H65Cl7N15NaO20. The SMILES string of the molecule is C.C.CC(C)(C)OC(=O)N1CCC(N)CC1.COC(=O)c1[nH]ncc1CC(=O)c1c(Cl)cccc1Cl.COC(=O)c1[nH]ncc1N.COC(=O)c1[nH]ncc1[N+](=O)[O-].O=C(Cl)c1c(Cl)cccc1Cl.O=C(O)c1[nH]ncc1CC(=O)c1c(Cl)cccc1Cl.O=C(O)c1[nH]ncc1[N+](=O)[O-].[Na+].[OH-]. The number of nitrogens with one attached hydrogen (secondary N) is 5. The Morgan fingerprint density at radius 3 is 1.21 bits per heavy atom. The largest absolute Gasteiger partial charge is 1.00 e. The summed E-state index contributed by atoms with van der Waals surface area (Å²) < 4.78 is 18.5. The Kier molecular flexibility index (Phi) is 42.4. The molecule has 3 aromatic carbocycles. The number of H-pyrrole nitrogens is 5. The molecule has 35 nitrogen and oxygen atoms in total. The summed E-state index contributed by atoms with van der Waals surface area (Å²) in [6, 6.07) is 14.5. The first kappa shape index (κ1) is 93.9. The molecule has 43 heteroatoms. The quantitative estimate of drug-likeness (QED) is 0.00936. The zero-order chi connectivity index (χ0) is 73.0. The van der Waals surface area contributed by atoms with E-state index < -0.39 is 61.9 Å². The van der Waals surface area contributed by atoms with Gasteiger partial charge in [0.15, 0.2) is 17.3 Å². The van der Waals surface area contributed by atoms with E-state index in [1.165, 1.54) is 32.8 Å². The Hall–Kier alpha value is -9.11. The first-order valence-electron chi connectivity index (χ1n) is 26.8. The van der Waals surface area contributed by atoms with E-state index in [1.54, 1.807) is 59.5 Å². The van der Waals surface area contributed by atoms with Crippen LogP contribution in [0.2, 0.25) is 30.1 Å². The molecule has 1 aliphatic rings. The normalized spacial score (nSPS) is 10.9. The Balaban J connectivity index is 0. The average molecular weight is 1560 g/mol. The average Bonchev–Trinajstić information content (AvgIpc) is 1.82. The zero-order valence-corrected chi connectivity index (χ0v) is 59.9. The van der Waals surface area contributed by atoms with Crippen molar-refractivity contribution >= 4 is 151 Å². The molecule has 12 N–H and O–H groups in total. The standard InChI is InChI=1S/C13H10Cl2N2O3.C12H8Cl2N2O3.C10H20N2O2.C7H3Cl3O.C5H5N3O4.C5H7N3O2.C4H3N3O4.2CH4.Na.H2O/c1-20-13(19)12-7(6-16-17-12)5-10(18)11-8(14)3-2-4-9(11)15;13-7-2-1-3-8(14)10(7)9(17)4-6-5-15-16-11(6)12(18)19;1-10(2,3)14-9(13)12-6-4-8(11)5-7-12;8-4-2-1-3-5(9)6(4)7(10)11;1-12-5(9)4-3(8(10)11)2-6-7-4;1-10-5(9)4-3(6)2-7-8-4;8-4(9)3-2(7(10)11)1-5-6-3;;;;/h2-4,6H,5H2,1H3,(H,16,17);1-3,5H,4H2,(H,15,16)(H,18,19);8H,4-7,11H2,1-3H3;1-3H;2H,1H3,(H,6,7);2H,6H2,1H3,(H,7,8);1H,(H,5,6)(H,8,9);2*1H4;;1H2/q;;;;;;;;;+1;/p-1. The summed E-state index contributed by atoms with van der Waals surface area (Å²) in [4.78, 5) is 121. The number of hydrogen-bond donors (Lipinski definition) is 9. The van der Waals surface area contributed by atoms with Crippen LogP contribution in [0, 0.1) is 20.2 Å². The number of carboxylic acids is 2. The van der Waals surface area contributed by atoms with Gasteiger partial charge in [0, 0.05) is 43.1 Å². The smallest absolute Gasteiger partial charge is 0.870 e. The van der Waals surface area contributed by atoms with Gasteiger partial charge in [-0.05, 0) is 81.6 Å². The number of rotatable bonds is 14. The number of nitrogen functional groups attached to an aromatic ring is 1. The van der Waals surface area contributed by atoms with E-state index in [2.05, 4.69) is 60.1 Å². The first-order chi connectivity index (χ1) is 45.6. The van der Waals surface area contributed by atoms with Gasteiger partial charge in [0.1, 0.15) is 29.4 Å². The second-order valence-electron chi connectivity index (χ2n) is 19.7. The van der Waals surface area contributed by atoms with Crippen LogP contribution >= 0.6 is 81.2 Å². The van der Waals surface area contributed by atoms with Gasteiger partial charge in [0.05, 0.1) is 102 Å². The molecule has 542 valence electrons. The van der Waals surface area contributed by atoms with E-state index in [1.807, 2.05) is 25.9 Å². The minimum Gasteiger partial charge on any atom is -0.870 e. The minimum atomic E-state index is -1.39. The van der Waals surface area contributed by atoms with Crippen LogP contribution in [0.25, 0.3) is 0 Å². The van der Waals surface area contributed by atoms with Crippen molar-refractivity contribution in [3.63, 3.8) is 0 Å². The molecule has 0 atom stereocenters. The minimum absolute atomic E-state index is 0. The van der Waals surface area contributed by atoms with Gasteiger partial charge in [0.25, 0.3) is 5.24 Å². The molecule has 8 aromatic rings. The van der Waals surface area contributed by atoms with Gasteiger partial charge in [-0.2, -0.15) is 25.5 Å². The zero-order valence-electron chi connectivity index (χ0n) is 52.6. The summed E-state index contributed by atoms with van der Waals surface area (Å²) in [7, 11) is 3.66. The monoisotopic (exact) mass is 1560 g/mol. The van der Waals surface area contributed by atoms with Crippen LogP contribution in [0.3, 0.4) is 0 Å². The Morgan fingerprint density at radius 2 is 0.871 bits per heavy atom. The molecule has 1 fully saturated rings. The number of carboxylic acid groups (broad SMARTS) is 2. The maximum atomic E-state index is 12.3. The molecular weight excluding hydrogens is 1500 g/mol. The van der Waals surface area contributed by atoms with E-state index in [0.717, 1.165) is 45.4 Å². The number of amides is 1. The second-order valence-corrected chi connectivity index (χ2v) is 22.5. The van der Waals surface area contributed by atoms with Gasteiger partial charge in [-0.15, -0.1) is 0 Å². The molecule has 1 aliphatic heterocycles. The number of methoxy groups -OCH3 is 3. The third kappa shape index (κ3) is 29.6. The third-order valence-corrected chi connectivity index (χ3v) is 13.9. The van der Waals surface area contributed by atoms with Crippen molar-refractivity contribution < 1.29 is 117 Å². The van der Waals surface area contributed by atoms with Crippen molar-refractivity contribution in [3.8, 4) is 0 Å². The van der Waals surface area contributed by atoms with Crippen molar-refractivity contribution in [1.82, 2.24) is 55.9 Å². The number of aromatic carboxylic acids is 2. The molecule has 0 saturated carbocycles. The summed E-state index contributed by atoms with van der Waals surface area (Å²) >= 11 is 40.3. The Bertz CT molecular complexity index is 4020. The number of hydrogen-bond acceptors (Lipinski definition) is 25. The number of anilines is 1. The predicted molar refractivity (Wildman–Crippen MR) is 365 cm³/mol. The number of aromatic amines is 5. The number of benzene rings is 3. The van der Waals surface area contributed by atoms with Crippen molar-refractivity contribution in [3.05, 3.63) is 192 Å². The van der Waals surface area contributed by atoms with E-state index >= 15 is 0 Å². The van der Waals surface area contributed by atoms with Gasteiger partial charge >= 0.3 is 76.9 Å². The molecule has 0 radical (unpaired) electrons. The maximum absolute atomic E-state index is 12.3. The molecule has 101 heavy (non-hydrogen) atoms. The number of nitrogens with two attached hydrogens (primary N) is 2. The molecule has 6 heterocycles. The van der Waals surface area contributed by atoms with Gasteiger partial charge < -0.3 is 51.0 Å². The van der Waals surface area contributed by atoms with E-state index in [9.17, 15) is 63.4 Å². The number of carbonyl (C=O) groups excluding carboxylic acids is 7. The topological polar surface area (TPSA) is 546 Å². The number of nitro groups is 2. The van der Waals surface area contributed by atoms with Gasteiger partial charge in [-0.25, -0.2) is 28.8 Å². The van der Waals surface area contributed by atoms with Crippen LogP contribution in [0.1, 0.15) is 143 Å². The van der Waals surface area contributed by atoms with Crippen molar-refractivity contribution in [2.24, 2.45) is 5.73 Å². The fourth-order valence-corrected chi connectivity index (χ4v) is 9.39. The van der Waals surface area contributed by atoms with Crippen LogP contribution in [-0.2, 0) is 31.8 Å². The number of nitrogens with zero attached hydrogens (tertiary/aromatic N) is 8. The van der Waals surface area contributed by atoms with Crippen molar-refractivity contribution in [2.45, 2.75) is 73.0 Å². The van der Waals surface area contributed by atoms with Crippen LogP contribution in [0.5, 0.6) is 0 Å². The Labute approximate surface area is 630 Å². The second kappa shape index (κ2) is 45.6. The van der Waals surface area contributed by atoms with Crippen molar-refractivity contribution in [2.75, 3.05) is 40.2 Å². The van der Waals surface area contributed by atoms with Crippen molar-refractivity contribution in [1.29, 1.82) is 0 Å². The number of ether oxygens (including phenoxy) is 4. The number of halogens is 7.